The summed E-state index contributed by atoms with van der Waals surface area (Å²) in [7, 11) is 0. The first kappa shape index (κ1) is 30.4. The van der Waals surface area contributed by atoms with E-state index in [0.29, 0.717) is 52.5 Å². The maximum absolute atomic E-state index is 14.0. The smallest absolute Gasteiger partial charge is 0.338 e. The zero-order valence-corrected chi connectivity index (χ0v) is 26.6. The first-order valence-electron chi connectivity index (χ1n) is 12.9. The number of rotatable bonds is 7. The number of fused-ring (bicyclic) bond motifs is 1. The van der Waals surface area contributed by atoms with Crippen molar-refractivity contribution in [2.75, 3.05) is 6.61 Å². The summed E-state index contributed by atoms with van der Waals surface area (Å²) >= 11 is 26.5. The Kier molecular flexibility index (Phi) is 9.16. The normalized spacial score (nSPS) is 14.9. The zero-order chi connectivity index (χ0) is 30.1. The molecule has 0 bridgehead atoms. The molecule has 5 rings (SSSR count). The maximum atomic E-state index is 14.0. The third kappa shape index (κ3) is 6.17. The van der Waals surface area contributed by atoms with Crippen LogP contribution >= 0.6 is 57.7 Å². The van der Waals surface area contributed by atoms with Gasteiger partial charge in [-0.25, -0.2) is 9.79 Å². The van der Waals surface area contributed by atoms with Crippen molar-refractivity contribution in [1.29, 1.82) is 0 Å². The van der Waals surface area contributed by atoms with Gasteiger partial charge in [0.25, 0.3) is 5.56 Å². The average molecular weight is 662 g/mol. The van der Waals surface area contributed by atoms with E-state index in [2.05, 4.69) is 4.99 Å². The van der Waals surface area contributed by atoms with Gasteiger partial charge in [-0.1, -0.05) is 93.6 Å². The number of hydrogen-bond acceptors (Lipinski definition) is 6. The van der Waals surface area contributed by atoms with Crippen LogP contribution in [0, 0.1) is 6.92 Å². The van der Waals surface area contributed by atoms with Crippen LogP contribution in [0.4, 0.5) is 0 Å². The molecule has 0 saturated carbocycles. The lowest BCUT2D eigenvalue weighted by Gasteiger charge is -2.24. The molecule has 0 unspecified atom stereocenters. The molecule has 0 spiro atoms. The Hall–Kier alpha value is -3.07. The SMILES string of the molecule is CCOC(=O)C1=C(C)N=c2s/c(=C\c3cc(Cl)cc(Cl)c3OCc3ccc(Cl)cc3Cl)c(=O)n2[C@H]1c1ccc(C)cc1. The van der Waals surface area contributed by atoms with E-state index in [0.717, 1.165) is 11.1 Å². The first-order chi connectivity index (χ1) is 20.1. The highest BCUT2D eigenvalue weighted by Gasteiger charge is 2.33. The fraction of sp³-hybridized carbons (Fsp3) is 0.194. The average Bonchev–Trinajstić information content (AvgIpc) is 3.23. The van der Waals surface area contributed by atoms with Gasteiger partial charge in [0.05, 0.1) is 33.5 Å². The molecule has 0 aliphatic carbocycles. The number of hydrogen-bond donors (Lipinski definition) is 0. The van der Waals surface area contributed by atoms with Crippen LogP contribution in [0.3, 0.4) is 0 Å². The predicted molar refractivity (Wildman–Crippen MR) is 169 cm³/mol. The standard InChI is InChI=1S/C31H24Cl4N2O4S/c1-4-40-30(39)26-17(3)36-31-37(27(26)18-7-5-16(2)6-8-18)29(38)25(42-31)12-20-11-22(33)14-24(35)28(20)41-15-19-9-10-21(32)13-23(19)34/h5-14,27H,4,15H2,1-3H3/b25-12-/t27-/m0/s1. The number of aromatic nitrogens is 1. The minimum Gasteiger partial charge on any atom is -0.487 e. The molecule has 42 heavy (non-hydrogen) atoms. The summed E-state index contributed by atoms with van der Waals surface area (Å²) in [4.78, 5) is 32.2. The second kappa shape index (κ2) is 12.7. The van der Waals surface area contributed by atoms with Crippen LogP contribution in [0.25, 0.3) is 6.08 Å². The minimum atomic E-state index is -0.714. The number of allylic oxidation sites excluding steroid dienone is 1. The number of carbonyl (C=O) groups excluding carboxylic acids is 1. The van der Waals surface area contributed by atoms with Crippen molar-refractivity contribution in [3.05, 3.63) is 128 Å². The zero-order valence-electron chi connectivity index (χ0n) is 22.7. The van der Waals surface area contributed by atoms with Crippen LogP contribution in [0.2, 0.25) is 20.1 Å². The van der Waals surface area contributed by atoms with E-state index in [1.54, 1.807) is 50.3 Å². The summed E-state index contributed by atoms with van der Waals surface area (Å²) < 4.78 is 13.3. The second-order valence-electron chi connectivity index (χ2n) is 9.54. The van der Waals surface area contributed by atoms with Crippen molar-refractivity contribution in [2.45, 2.75) is 33.4 Å². The Labute approximate surface area is 266 Å². The molecule has 1 aromatic heterocycles. The van der Waals surface area contributed by atoms with Crippen molar-refractivity contribution in [2.24, 2.45) is 4.99 Å². The van der Waals surface area contributed by atoms with Crippen LogP contribution in [0.1, 0.15) is 42.1 Å². The number of esters is 1. The molecule has 1 aliphatic heterocycles. The van der Waals surface area contributed by atoms with E-state index in [9.17, 15) is 9.59 Å². The molecule has 0 radical (unpaired) electrons. The Morgan fingerprint density at radius 1 is 1.00 bits per heavy atom. The van der Waals surface area contributed by atoms with E-state index in [-0.39, 0.29) is 23.8 Å². The molecule has 0 N–H and O–H groups in total. The van der Waals surface area contributed by atoms with Crippen molar-refractivity contribution in [3.8, 4) is 5.75 Å². The lowest BCUT2D eigenvalue weighted by Crippen LogP contribution is -2.39. The molecule has 2 heterocycles. The number of thiazole rings is 1. The number of aryl methyl sites for hydroxylation is 1. The fourth-order valence-corrected chi connectivity index (χ4v) is 6.69. The maximum Gasteiger partial charge on any atom is 0.338 e. The molecule has 216 valence electrons. The third-order valence-electron chi connectivity index (χ3n) is 6.62. The summed E-state index contributed by atoms with van der Waals surface area (Å²) in [6.07, 6.45) is 1.66. The second-order valence-corrected chi connectivity index (χ2v) is 12.2. The molecule has 3 aromatic carbocycles. The van der Waals surface area contributed by atoms with Crippen molar-refractivity contribution >= 4 is 69.8 Å². The van der Waals surface area contributed by atoms with Crippen LogP contribution < -0.4 is 19.6 Å². The van der Waals surface area contributed by atoms with Crippen molar-refractivity contribution in [3.63, 3.8) is 0 Å². The van der Waals surface area contributed by atoms with Gasteiger partial charge < -0.3 is 9.47 Å². The predicted octanol–water partition coefficient (Wildman–Crippen LogP) is 7.30. The largest absolute Gasteiger partial charge is 0.487 e. The fourth-order valence-electron chi connectivity index (χ4n) is 4.63. The van der Waals surface area contributed by atoms with Gasteiger partial charge in [-0.05, 0) is 56.7 Å². The molecule has 11 heteroatoms. The topological polar surface area (TPSA) is 69.9 Å². The van der Waals surface area contributed by atoms with Crippen LogP contribution in [-0.4, -0.2) is 17.1 Å². The third-order valence-corrected chi connectivity index (χ3v) is 8.69. The number of halogens is 4. The Morgan fingerprint density at radius 2 is 1.71 bits per heavy atom. The van der Waals surface area contributed by atoms with Crippen molar-refractivity contribution < 1.29 is 14.3 Å². The van der Waals surface area contributed by atoms with Gasteiger partial charge >= 0.3 is 5.97 Å². The monoisotopic (exact) mass is 660 g/mol. The molecular weight excluding hydrogens is 638 g/mol. The van der Waals surface area contributed by atoms with E-state index >= 15 is 0 Å². The Balaban J connectivity index is 1.64. The summed E-state index contributed by atoms with van der Waals surface area (Å²) in [6.45, 7) is 5.75. The van der Waals surface area contributed by atoms with Gasteiger partial charge in [0.1, 0.15) is 12.4 Å². The number of ether oxygens (including phenoxy) is 2. The highest BCUT2D eigenvalue weighted by molar-refractivity contribution is 7.07. The van der Waals surface area contributed by atoms with Gasteiger partial charge in [-0.15, -0.1) is 0 Å². The number of carbonyl (C=O) groups is 1. The van der Waals surface area contributed by atoms with E-state index in [4.69, 9.17) is 55.9 Å². The van der Waals surface area contributed by atoms with Crippen LogP contribution in [-0.2, 0) is 16.1 Å². The van der Waals surface area contributed by atoms with Crippen LogP contribution in [0.5, 0.6) is 5.75 Å². The molecule has 0 saturated heterocycles. The van der Waals surface area contributed by atoms with Gasteiger partial charge in [0.15, 0.2) is 4.80 Å². The lowest BCUT2D eigenvalue weighted by atomic mass is 9.95. The van der Waals surface area contributed by atoms with Gasteiger partial charge in [0.2, 0.25) is 0 Å². The molecule has 6 nitrogen and oxygen atoms in total. The molecule has 0 amide bonds. The van der Waals surface area contributed by atoms with Gasteiger partial charge in [0, 0.05) is 26.2 Å². The number of benzene rings is 3. The Morgan fingerprint density at radius 3 is 2.40 bits per heavy atom. The summed E-state index contributed by atoms with van der Waals surface area (Å²) in [6, 6.07) is 15.3. The molecule has 0 fully saturated rings. The van der Waals surface area contributed by atoms with E-state index in [1.807, 2.05) is 31.2 Å². The summed E-state index contributed by atoms with van der Waals surface area (Å²) in [5.74, 6) is -0.187. The molecular formula is C31H24Cl4N2O4S. The quantitative estimate of drug-likeness (QED) is 0.195. The van der Waals surface area contributed by atoms with E-state index < -0.39 is 12.0 Å². The molecule has 4 aromatic rings. The van der Waals surface area contributed by atoms with Crippen LogP contribution in [0.15, 0.2) is 75.7 Å². The molecule has 1 atom stereocenters. The number of nitrogens with zero attached hydrogens (tertiary/aromatic N) is 2. The van der Waals surface area contributed by atoms with Gasteiger partial charge in [-0.2, -0.15) is 0 Å². The molecule has 1 aliphatic rings. The summed E-state index contributed by atoms with van der Waals surface area (Å²) in [5.41, 5.74) is 3.49. The van der Waals surface area contributed by atoms with Crippen molar-refractivity contribution in [1.82, 2.24) is 4.57 Å². The Bertz CT molecular complexity index is 1910. The minimum absolute atomic E-state index is 0.106. The van der Waals surface area contributed by atoms with E-state index in [1.165, 1.54) is 15.9 Å². The first-order valence-corrected chi connectivity index (χ1v) is 15.2. The lowest BCUT2D eigenvalue weighted by molar-refractivity contribution is -0.139. The van der Waals surface area contributed by atoms with Gasteiger partial charge in [-0.3, -0.25) is 9.36 Å². The highest BCUT2D eigenvalue weighted by atomic mass is 35.5. The summed E-state index contributed by atoms with van der Waals surface area (Å²) in [5, 5.41) is 1.60. The highest BCUT2D eigenvalue weighted by Crippen LogP contribution is 2.35.